The van der Waals surface area contributed by atoms with Crippen molar-refractivity contribution in [2.45, 2.75) is 32.7 Å². The van der Waals surface area contributed by atoms with Crippen molar-refractivity contribution in [2.24, 2.45) is 0 Å². The predicted octanol–water partition coefficient (Wildman–Crippen LogP) is 3.59. The molecule has 0 heterocycles. The van der Waals surface area contributed by atoms with E-state index in [4.69, 9.17) is 7.17 Å². The molecule has 0 aliphatic carbocycles. The molecule has 0 bridgehead atoms. The van der Waals surface area contributed by atoms with Crippen LogP contribution in [0.4, 0.5) is 0 Å². The van der Waals surface area contributed by atoms with Gasteiger partial charge >= 0.3 is 0 Å². The van der Waals surface area contributed by atoms with Crippen molar-refractivity contribution >= 4 is 18.7 Å². The molecule has 0 aromatic heterocycles. The molecule has 0 aliphatic heterocycles. The molecule has 0 amide bonds. The van der Waals surface area contributed by atoms with Gasteiger partial charge in [0.25, 0.3) is 8.32 Å². The average molecular weight is 311 g/mol. The molecule has 22 heavy (non-hydrogen) atoms. The summed E-state index contributed by atoms with van der Waals surface area (Å²) in [5, 5.41) is 1.83. The minimum atomic E-state index is -2.90. The van der Waals surface area contributed by atoms with Gasteiger partial charge in [-0.25, -0.2) is 0 Å². The van der Waals surface area contributed by atoms with Gasteiger partial charge in [-0.3, -0.25) is 0 Å². The standard InChI is InChI=1S/C20H24OSi/c1-5-6-17-21-22(20(2,3)4,18-13-9-7-10-14-18)19-15-11-8-12-16-19/h7-16H,17H2,1-4H3/i17D2. The molecule has 0 fully saturated rings. The van der Waals surface area contributed by atoms with Crippen molar-refractivity contribution in [3.63, 3.8) is 0 Å². The lowest BCUT2D eigenvalue weighted by Crippen LogP contribution is -2.66. The van der Waals surface area contributed by atoms with Crippen LogP contribution in [0, 0.1) is 11.8 Å². The molecule has 2 rings (SSSR count). The van der Waals surface area contributed by atoms with E-state index in [0.29, 0.717) is 0 Å². The third-order valence-electron chi connectivity index (χ3n) is 3.80. The average Bonchev–Trinajstić information content (AvgIpc) is 2.53. The Hall–Kier alpha value is -1.82. The zero-order chi connectivity index (χ0) is 17.8. The fourth-order valence-electron chi connectivity index (χ4n) is 2.80. The Balaban J connectivity index is 2.77. The molecule has 0 saturated carbocycles. The largest absolute Gasteiger partial charge is 0.396 e. The Morgan fingerprint density at radius 2 is 1.41 bits per heavy atom. The van der Waals surface area contributed by atoms with Crippen LogP contribution < -0.4 is 10.4 Å². The van der Waals surface area contributed by atoms with Crippen LogP contribution >= 0.6 is 0 Å². The van der Waals surface area contributed by atoms with E-state index in [9.17, 15) is 0 Å². The Labute approximate surface area is 138 Å². The SMILES string of the molecule is [2H]C([2H])(C#CC)O[Si](c1ccccc1)(c1ccccc1)C(C)(C)C. The number of hydrogen-bond donors (Lipinski definition) is 0. The predicted molar refractivity (Wildman–Crippen MR) is 97.0 cm³/mol. The van der Waals surface area contributed by atoms with E-state index in [1.165, 1.54) is 0 Å². The van der Waals surface area contributed by atoms with Crippen LogP contribution in [0.2, 0.25) is 5.04 Å². The molecule has 114 valence electrons. The molecule has 0 atom stereocenters. The molecule has 0 N–H and O–H groups in total. The first kappa shape index (κ1) is 13.8. The molecule has 0 saturated heterocycles. The van der Waals surface area contributed by atoms with E-state index in [1.54, 1.807) is 6.92 Å². The molecule has 1 nitrogen and oxygen atoms in total. The maximum absolute atomic E-state index is 8.27. The van der Waals surface area contributed by atoms with Gasteiger partial charge in [0.15, 0.2) is 0 Å². The first-order valence-electron chi connectivity index (χ1n) is 8.48. The molecule has 2 aromatic carbocycles. The summed E-state index contributed by atoms with van der Waals surface area (Å²) in [5.74, 6) is 5.24. The number of hydrogen-bond acceptors (Lipinski definition) is 1. The van der Waals surface area contributed by atoms with E-state index in [-0.39, 0.29) is 5.04 Å². The highest BCUT2D eigenvalue weighted by Gasteiger charge is 2.49. The second-order valence-corrected chi connectivity index (χ2v) is 10.5. The van der Waals surface area contributed by atoms with Crippen LogP contribution in [0.5, 0.6) is 0 Å². The zero-order valence-corrected chi connectivity index (χ0v) is 14.7. The fraction of sp³-hybridized carbons (Fsp3) is 0.300. The van der Waals surface area contributed by atoms with E-state index in [1.807, 2.05) is 60.7 Å². The van der Waals surface area contributed by atoms with Gasteiger partial charge < -0.3 is 4.43 Å². The molecule has 2 aromatic rings. The second kappa shape index (κ2) is 6.96. The normalized spacial score (nSPS) is 13.6. The van der Waals surface area contributed by atoms with Crippen molar-refractivity contribution in [3.05, 3.63) is 60.7 Å². The highest BCUT2D eigenvalue weighted by atomic mass is 28.4. The lowest BCUT2D eigenvalue weighted by molar-refractivity contribution is 0.346. The van der Waals surface area contributed by atoms with Crippen LogP contribution in [0.25, 0.3) is 0 Å². The molecular weight excluding hydrogens is 284 g/mol. The Kier molecular flexibility index (Phi) is 4.37. The van der Waals surface area contributed by atoms with Crippen LogP contribution in [0.15, 0.2) is 60.7 Å². The summed E-state index contributed by atoms with van der Waals surface area (Å²) >= 11 is 0. The van der Waals surface area contributed by atoms with E-state index in [2.05, 4.69) is 32.6 Å². The van der Waals surface area contributed by atoms with Crippen LogP contribution in [-0.2, 0) is 4.43 Å². The Morgan fingerprint density at radius 1 is 0.955 bits per heavy atom. The number of rotatable bonds is 4. The third-order valence-corrected chi connectivity index (χ3v) is 8.61. The molecule has 0 radical (unpaired) electrons. The Morgan fingerprint density at radius 3 is 1.77 bits per heavy atom. The maximum Gasteiger partial charge on any atom is 0.262 e. The van der Waals surface area contributed by atoms with Crippen LogP contribution in [-0.4, -0.2) is 14.9 Å². The lowest BCUT2D eigenvalue weighted by atomic mass is 10.2. The molecular formula is C20H24OSi. The first-order chi connectivity index (χ1) is 11.2. The van der Waals surface area contributed by atoms with Crippen molar-refractivity contribution in [3.8, 4) is 11.8 Å². The fourth-order valence-corrected chi connectivity index (χ4v) is 6.94. The highest BCUT2D eigenvalue weighted by Crippen LogP contribution is 2.36. The van der Waals surface area contributed by atoms with Gasteiger partial charge in [-0.05, 0) is 22.3 Å². The summed E-state index contributed by atoms with van der Waals surface area (Å²) in [4.78, 5) is 0. The Bertz CT molecular complexity index is 685. The molecule has 0 aliphatic rings. The van der Waals surface area contributed by atoms with E-state index in [0.717, 1.165) is 10.4 Å². The first-order valence-corrected chi connectivity index (χ1v) is 9.39. The van der Waals surface area contributed by atoms with Gasteiger partial charge in [-0.1, -0.05) is 87.4 Å². The topological polar surface area (TPSA) is 9.23 Å². The van der Waals surface area contributed by atoms with Crippen molar-refractivity contribution in [1.29, 1.82) is 0 Å². The van der Waals surface area contributed by atoms with Crippen LogP contribution in [0.1, 0.15) is 30.4 Å². The summed E-state index contributed by atoms with van der Waals surface area (Å²) in [6.45, 7) is 5.99. The van der Waals surface area contributed by atoms with Gasteiger partial charge in [0.05, 0.1) is 9.30 Å². The van der Waals surface area contributed by atoms with Gasteiger partial charge in [-0.2, -0.15) is 0 Å². The van der Waals surface area contributed by atoms with Gasteiger partial charge in [0, 0.05) is 0 Å². The zero-order valence-electron chi connectivity index (χ0n) is 15.7. The summed E-state index contributed by atoms with van der Waals surface area (Å²) in [6, 6.07) is 20.0. The quantitative estimate of drug-likeness (QED) is 0.619. The summed E-state index contributed by atoms with van der Waals surface area (Å²) in [5.41, 5.74) is 0. The molecule has 2 heteroatoms. The minimum Gasteiger partial charge on any atom is -0.396 e. The van der Waals surface area contributed by atoms with Gasteiger partial charge in [0.1, 0.15) is 0 Å². The maximum atomic E-state index is 8.27. The highest BCUT2D eigenvalue weighted by molar-refractivity contribution is 6.99. The summed E-state index contributed by atoms with van der Waals surface area (Å²) < 4.78 is 22.8. The minimum absolute atomic E-state index is 0.265. The smallest absolute Gasteiger partial charge is 0.262 e. The molecule has 0 spiro atoms. The summed E-state index contributed by atoms with van der Waals surface area (Å²) in [6.07, 6.45) is 0. The summed E-state index contributed by atoms with van der Waals surface area (Å²) in [7, 11) is -2.90. The van der Waals surface area contributed by atoms with Crippen molar-refractivity contribution < 1.29 is 7.17 Å². The molecule has 0 unspecified atom stereocenters. The van der Waals surface area contributed by atoms with E-state index >= 15 is 0 Å². The monoisotopic (exact) mass is 310 g/mol. The lowest BCUT2D eigenvalue weighted by Gasteiger charge is -2.42. The van der Waals surface area contributed by atoms with Crippen molar-refractivity contribution in [1.82, 2.24) is 0 Å². The number of benzene rings is 2. The van der Waals surface area contributed by atoms with Crippen LogP contribution in [0.3, 0.4) is 0 Å². The second-order valence-electron chi connectivity index (χ2n) is 6.24. The van der Waals surface area contributed by atoms with Crippen molar-refractivity contribution in [2.75, 3.05) is 6.56 Å². The third kappa shape index (κ3) is 3.16. The van der Waals surface area contributed by atoms with Gasteiger partial charge in [0.2, 0.25) is 0 Å². The van der Waals surface area contributed by atoms with Gasteiger partial charge in [-0.15, -0.1) is 5.92 Å². The van der Waals surface area contributed by atoms with E-state index < -0.39 is 14.9 Å².